The van der Waals surface area contributed by atoms with Gasteiger partial charge in [-0.05, 0) is 26.8 Å². The van der Waals surface area contributed by atoms with Crippen LogP contribution in [0.5, 0.6) is 0 Å². The van der Waals surface area contributed by atoms with Crippen molar-refractivity contribution in [2.75, 3.05) is 13.7 Å². The van der Waals surface area contributed by atoms with Gasteiger partial charge in [0.05, 0.1) is 13.2 Å². The van der Waals surface area contributed by atoms with Crippen molar-refractivity contribution >= 4 is 12.1 Å². The SMILES string of the molecule is COC(=O)C1=C[C@H](NC(=O)OC(C)(C)C)CO1. The number of hydrogen-bond acceptors (Lipinski definition) is 5. The zero-order valence-corrected chi connectivity index (χ0v) is 10.4. The Morgan fingerprint density at radius 3 is 2.65 bits per heavy atom. The monoisotopic (exact) mass is 243 g/mol. The molecule has 6 nitrogen and oxygen atoms in total. The second-order valence-corrected chi connectivity index (χ2v) is 4.59. The van der Waals surface area contributed by atoms with Crippen LogP contribution in [0.15, 0.2) is 11.8 Å². The number of alkyl carbamates (subject to hydrolysis) is 1. The normalized spacial score (nSPS) is 19.1. The molecule has 0 aliphatic carbocycles. The Balaban J connectivity index is 2.47. The van der Waals surface area contributed by atoms with Crippen molar-refractivity contribution in [3.8, 4) is 0 Å². The third-order valence-electron chi connectivity index (χ3n) is 1.86. The van der Waals surface area contributed by atoms with Crippen molar-refractivity contribution in [3.63, 3.8) is 0 Å². The molecule has 0 aromatic carbocycles. The van der Waals surface area contributed by atoms with Crippen LogP contribution in [0.1, 0.15) is 20.8 Å². The summed E-state index contributed by atoms with van der Waals surface area (Å²) < 4.78 is 14.6. The first kappa shape index (κ1) is 13.3. The van der Waals surface area contributed by atoms with Gasteiger partial charge in [0.1, 0.15) is 12.2 Å². The van der Waals surface area contributed by atoms with Gasteiger partial charge in [-0.25, -0.2) is 9.59 Å². The Labute approximate surface area is 99.9 Å². The van der Waals surface area contributed by atoms with Crippen LogP contribution in [0.4, 0.5) is 4.79 Å². The molecule has 1 aliphatic heterocycles. The topological polar surface area (TPSA) is 73.9 Å². The number of esters is 1. The molecular formula is C11H17NO5. The van der Waals surface area contributed by atoms with Gasteiger partial charge in [-0.2, -0.15) is 0 Å². The van der Waals surface area contributed by atoms with E-state index in [-0.39, 0.29) is 18.4 Å². The van der Waals surface area contributed by atoms with E-state index in [1.165, 1.54) is 13.2 Å². The minimum absolute atomic E-state index is 0.105. The largest absolute Gasteiger partial charge is 0.484 e. The summed E-state index contributed by atoms with van der Waals surface area (Å²) in [7, 11) is 1.27. The molecule has 0 spiro atoms. The summed E-state index contributed by atoms with van der Waals surface area (Å²) in [5.41, 5.74) is -0.557. The zero-order valence-electron chi connectivity index (χ0n) is 10.4. The summed E-state index contributed by atoms with van der Waals surface area (Å²) in [6.45, 7) is 5.51. The molecule has 1 rings (SSSR count). The molecule has 1 atom stereocenters. The van der Waals surface area contributed by atoms with Gasteiger partial charge in [0.2, 0.25) is 5.76 Å². The highest BCUT2D eigenvalue weighted by molar-refractivity contribution is 5.86. The van der Waals surface area contributed by atoms with Crippen LogP contribution in [0, 0.1) is 0 Å². The molecule has 0 saturated heterocycles. The number of hydrogen-bond donors (Lipinski definition) is 1. The summed E-state index contributed by atoms with van der Waals surface area (Å²) in [4.78, 5) is 22.5. The van der Waals surface area contributed by atoms with Gasteiger partial charge in [0, 0.05) is 0 Å². The molecule has 1 aliphatic rings. The van der Waals surface area contributed by atoms with Crippen LogP contribution in [-0.4, -0.2) is 37.4 Å². The van der Waals surface area contributed by atoms with E-state index >= 15 is 0 Å². The van der Waals surface area contributed by atoms with Crippen LogP contribution in [-0.2, 0) is 19.0 Å². The first-order valence-corrected chi connectivity index (χ1v) is 5.24. The molecule has 0 unspecified atom stereocenters. The molecule has 96 valence electrons. The van der Waals surface area contributed by atoms with Crippen molar-refractivity contribution in [2.45, 2.75) is 32.4 Å². The number of amides is 1. The predicted octanol–water partition coefficient (Wildman–Crippen LogP) is 0.967. The molecule has 0 radical (unpaired) electrons. The highest BCUT2D eigenvalue weighted by Crippen LogP contribution is 2.12. The molecule has 17 heavy (non-hydrogen) atoms. The van der Waals surface area contributed by atoms with Gasteiger partial charge in [-0.3, -0.25) is 0 Å². The van der Waals surface area contributed by atoms with E-state index in [2.05, 4.69) is 10.1 Å². The van der Waals surface area contributed by atoms with Gasteiger partial charge >= 0.3 is 12.1 Å². The molecule has 1 N–H and O–H groups in total. The summed E-state index contributed by atoms with van der Waals surface area (Å²) >= 11 is 0. The Bertz CT molecular complexity index is 342. The van der Waals surface area contributed by atoms with Crippen molar-refractivity contribution in [1.82, 2.24) is 5.32 Å². The Morgan fingerprint density at radius 1 is 1.47 bits per heavy atom. The van der Waals surface area contributed by atoms with Crippen molar-refractivity contribution in [2.24, 2.45) is 0 Å². The molecule has 0 aromatic heterocycles. The van der Waals surface area contributed by atoms with Crippen molar-refractivity contribution in [3.05, 3.63) is 11.8 Å². The van der Waals surface area contributed by atoms with E-state index in [1.807, 2.05) is 0 Å². The average Bonchev–Trinajstić information content (AvgIpc) is 2.62. The van der Waals surface area contributed by atoms with E-state index in [9.17, 15) is 9.59 Å². The number of ether oxygens (including phenoxy) is 3. The Morgan fingerprint density at radius 2 is 2.12 bits per heavy atom. The minimum atomic E-state index is -0.557. The fourth-order valence-electron chi connectivity index (χ4n) is 1.23. The number of carbonyl (C=O) groups excluding carboxylic acids is 2. The van der Waals surface area contributed by atoms with E-state index in [4.69, 9.17) is 9.47 Å². The molecule has 1 amide bonds. The molecule has 1 heterocycles. The van der Waals surface area contributed by atoms with Crippen molar-refractivity contribution in [1.29, 1.82) is 0 Å². The van der Waals surface area contributed by atoms with Crippen LogP contribution >= 0.6 is 0 Å². The van der Waals surface area contributed by atoms with E-state index in [1.54, 1.807) is 20.8 Å². The second-order valence-electron chi connectivity index (χ2n) is 4.59. The van der Waals surface area contributed by atoms with Gasteiger partial charge < -0.3 is 19.5 Å². The number of methoxy groups -OCH3 is 1. The van der Waals surface area contributed by atoms with Gasteiger partial charge in [-0.1, -0.05) is 0 Å². The van der Waals surface area contributed by atoms with Crippen LogP contribution in [0.25, 0.3) is 0 Å². The maximum atomic E-state index is 11.4. The summed E-state index contributed by atoms with van der Waals surface area (Å²) in [6, 6.07) is -0.376. The molecule has 6 heteroatoms. The van der Waals surface area contributed by atoms with Gasteiger partial charge in [0.15, 0.2) is 0 Å². The second kappa shape index (κ2) is 5.07. The van der Waals surface area contributed by atoms with Crippen LogP contribution in [0.2, 0.25) is 0 Å². The van der Waals surface area contributed by atoms with E-state index in [0.717, 1.165) is 0 Å². The average molecular weight is 243 g/mol. The number of rotatable bonds is 2. The lowest BCUT2D eigenvalue weighted by molar-refractivity contribution is -0.139. The van der Waals surface area contributed by atoms with Gasteiger partial charge in [0.25, 0.3) is 0 Å². The smallest absolute Gasteiger partial charge is 0.408 e. The Hall–Kier alpha value is -1.72. The van der Waals surface area contributed by atoms with Gasteiger partial charge in [-0.15, -0.1) is 0 Å². The molecule has 0 fully saturated rings. The molecule has 0 saturated carbocycles. The molecule has 0 bridgehead atoms. The fraction of sp³-hybridized carbons (Fsp3) is 0.636. The zero-order chi connectivity index (χ0) is 13.1. The summed E-state index contributed by atoms with van der Waals surface area (Å²) in [6.07, 6.45) is 0.948. The third-order valence-corrected chi connectivity index (χ3v) is 1.86. The van der Waals surface area contributed by atoms with E-state index in [0.29, 0.717) is 0 Å². The first-order chi connectivity index (χ1) is 7.81. The van der Waals surface area contributed by atoms with E-state index < -0.39 is 17.7 Å². The number of carbonyl (C=O) groups is 2. The quantitative estimate of drug-likeness (QED) is 0.731. The minimum Gasteiger partial charge on any atom is -0.484 e. The lowest BCUT2D eigenvalue weighted by atomic mass is 10.2. The predicted molar refractivity (Wildman–Crippen MR) is 59.2 cm³/mol. The number of nitrogens with one attached hydrogen (secondary N) is 1. The highest BCUT2D eigenvalue weighted by atomic mass is 16.6. The van der Waals surface area contributed by atoms with Crippen LogP contribution in [0.3, 0.4) is 0 Å². The highest BCUT2D eigenvalue weighted by Gasteiger charge is 2.26. The lowest BCUT2D eigenvalue weighted by Gasteiger charge is -2.20. The maximum Gasteiger partial charge on any atom is 0.408 e. The van der Waals surface area contributed by atoms with Crippen molar-refractivity contribution < 1.29 is 23.8 Å². The molecule has 0 aromatic rings. The first-order valence-electron chi connectivity index (χ1n) is 5.24. The third kappa shape index (κ3) is 4.34. The lowest BCUT2D eigenvalue weighted by Crippen LogP contribution is -2.38. The van der Waals surface area contributed by atoms with Crippen LogP contribution < -0.4 is 5.32 Å². The summed E-state index contributed by atoms with van der Waals surface area (Å²) in [5, 5.41) is 2.57. The fourth-order valence-corrected chi connectivity index (χ4v) is 1.23. The maximum absolute atomic E-state index is 11.4. The Kier molecular flexibility index (Phi) is 3.98. The standard InChI is InChI=1S/C11H17NO5/c1-11(2,3)17-10(14)12-7-5-8(16-6-7)9(13)15-4/h5,7H,6H2,1-4H3,(H,12,14)/t7-/m0/s1. The molecular weight excluding hydrogens is 226 g/mol. The summed E-state index contributed by atoms with van der Waals surface area (Å²) in [5.74, 6) is -0.452.